The van der Waals surface area contributed by atoms with E-state index in [1.54, 1.807) is 19.1 Å². The summed E-state index contributed by atoms with van der Waals surface area (Å²) in [5.41, 5.74) is 3.13. The second-order valence-corrected chi connectivity index (χ2v) is 9.52. The van der Waals surface area contributed by atoms with Crippen molar-refractivity contribution >= 4 is 31.8 Å². The Balaban J connectivity index is 1.98. The predicted octanol–water partition coefficient (Wildman–Crippen LogP) is 1.23. The van der Waals surface area contributed by atoms with E-state index in [-0.39, 0.29) is 17.9 Å². The van der Waals surface area contributed by atoms with Gasteiger partial charge in [-0.05, 0) is 49.1 Å². The van der Waals surface area contributed by atoms with Gasteiger partial charge in [-0.2, -0.15) is 16.8 Å². The number of aliphatic hydroxyl groups is 1. The Labute approximate surface area is 168 Å². The molecule has 2 aromatic rings. The molecule has 0 spiro atoms. The normalized spacial score (nSPS) is 15.7. The van der Waals surface area contributed by atoms with Gasteiger partial charge < -0.3 is 10.2 Å². The van der Waals surface area contributed by atoms with Gasteiger partial charge in [0.2, 0.25) is 5.88 Å². The standard InChI is InChI=1S/C17H20N4O6S2/c1-10-5-11(2)17(20-28(18,24)25)13(6-10)7-12-3-4-14(15(22)8-12)21-9-16(23)19-29(21,26)27/h3-6,8-9,19-20,22-23H,7H2,1-2H3,(H2,18,24,25). The fourth-order valence-corrected chi connectivity index (χ4v) is 4.80. The number of benzene rings is 2. The van der Waals surface area contributed by atoms with E-state index in [0.29, 0.717) is 26.7 Å². The smallest absolute Gasteiger partial charge is 0.330 e. The molecule has 0 fully saturated rings. The summed E-state index contributed by atoms with van der Waals surface area (Å²) >= 11 is 0. The molecule has 12 heteroatoms. The molecule has 0 atom stereocenters. The number of aliphatic hydroxyl groups excluding tert-OH is 1. The van der Waals surface area contributed by atoms with Gasteiger partial charge in [-0.3, -0.25) is 4.72 Å². The van der Waals surface area contributed by atoms with Crippen molar-refractivity contribution in [2.45, 2.75) is 20.3 Å². The van der Waals surface area contributed by atoms with Crippen LogP contribution in [0.1, 0.15) is 22.3 Å². The minimum Gasteiger partial charge on any atom is -0.506 e. The highest BCUT2D eigenvalue weighted by Crippen LogP contribution is 2.34. The minimum absolute atomic E-state index is 0.0476. The van der Waals surface area contributed by atoms with Crippen molar-refractivity contribution in [3.8, 4) is 5.75 Å². The van der Waals surface area contributed by atoms with E-state index in [9.17, 15) is 27.0 Å². The van der Waals surface area contributed by atoms with Gasteiger partial charge in [-0.1, -0.05) is 23.8 Å². The van der Waals surface area contributed by atoms with Crippen LogP contribution in [0.5, 0.6) is 5.75 Å². The van der Waals surface area contributed by atoms with Gasteiger partial charge in [-0.25, -0.2) is 14.2 Å². The second kappa shape index (κ2) is 7.13. The Hall–Kier alpha value is -2.96. The molecule has 6 N–H and O–H groups in total. The number of hydrogen-bond acceptors (Lipinski definition) is 6. The van der Waals surface area contributed by atoms with Crippen LogP contribution in [-0.2, 0) is 26.8 Å². The van der Waals surface area contributed by atoms with Crippen LogP contribution in [0.25, 0.3) is 0 Å². The SMILES string of the molecule is Cc1cc(C)c(NS(N)(=O)=O)c(Cc2ccc(N3C=C(O)NS3(=O)=O)c(O)c2)c1. The van der Waals surface area contributed by atoms with E-state index in [4.69, 9.17) is 5.14 Å². The number of nitrogens with zero attached hydrogens (tertiary/aromatic N) is 1. The molecule has 0 bridgehead atoms. The van der Waals surface area contributed by atoms with Gasteiger partial charge in [-0.15, -0.1) is 0 Å². The molecular formula is C17H20N4O6S2. The maximum absolute atomic E-state index is 12.0. The molecule has 0 saturated carbocycles. The number of nitrogens with two attached hydrogens (primary N) is 1. The molecule has 0 amide bonds. The number of aryl methyl sites for hydroxylation is 2. The first-order valence-electron chi connectivity index (χ1n) is 8.31. The maximum atomic E-state index is 12.0. The van der Waals surface area contributed by atoms with Gasteiger partial charge in [0.1, 0.15) is 11.4 Å². The van der Waals surface area contributed by atoms with Crippen molar-refractivity contribution in [1.29, 1.82) is 0 Å². The summed E-state index contributed by atoms with van der Waals surface area (Å²) in [4.78, 5) is 0. The molecule has 1 heterocycles. The first-order chi connectivity index (χ1) is 13.4. The lowest BCUT2D eigenvalue weighted by molar-refractivity contribution is 0.392. The van der Waals surface area contributed by atoms with Crippen molar-refractivity contribution in [3.05, 3.63) is 64.7 Å². The average Bonchev–Trinajstić information content (AvgIpc) is 2.82. The zero-order chi connectivity index (χ0) is 21.6. The molecule has 0 radical (unpaired) electrons. The first-order valence-corrected chi connectivity index (χ1v) is 11.3. The van der Waals surface area contributed by atoms with Crippen molar-refractivity contribution in [1.82, 2.24) is 4.72 Å². The van der Waals surface area contributed by atoms with Crippen LogP contribution in [0.15, 0.2) is 42.4 Å². The Kier molecular flexibility index (Phi) is 5.11. The summed E-state index contributed by atoms with van der Waals surface area (Å²) in [6.45, 7) is 3.61. The highest BCUT2D eigenvalue weighted by atomic mass is 32.2. The molecule has 0 aliphatic carbocycles. The lowest BCUT2D eigenvalue weighted by atomic mass is 9.98. The number of nitrogens with one attached hydrogen (secondary N) is 2. The highest BCUT2D eigenvalue weighted by molar-refractivity contribution is 7.91. The highest BCUT2D eigenvalue weighted by Gasteiger charge is 2.30. The third-order valence-corrected chi connectivity index (χ3v) is 5.99. The van der Waals surface area contributed by atoms with Crippen LogP contribution in [0.2, 0.25) is 0 Å². The number of hydrogen-bond donors (Lipinski definition) is 5. The molecule has 3 rings (SSSR count). The molecule has 10 nitrogen and oxygen atoms in total. The third kappa shape index (κ3) is 4.55. The average molecular weight is 441 g/mol. The maximum Gasteiger partial charge on any atom is 0.330 e. The monoisotopic (exact) mass is 440 g/mol. The van der Waals surface area contributed by atoms with Crippen molar-refractivity contribution in [2.24, 2.45) is 5.14 Å². The summed E-state index contributed by atoms with van der Waals surface area (Å²) in [5, 5.41) is 24.8. The van der Waals surface area contributed by atoms with E-state index in [1.807, 2.05) is 17.7 Å². The quantitative estimate of drug-likeness (QED) is 0.469. The zero-order valence-corrected chi connectivity index (χ0v) is 17.2. The number of phenols is 1. The third-order valence-electron chi connectivity index (χ3n) is 4.21. The van der Waals surface area contributed by atoms with Crippen LogP contribution in [-0.4, -0.2) is 27.0 Å². The van der Waals surface area contributed by atoms with Gasteiger partial charge in [0, 0.05) is 0 Å². The Morgan fingerprint density at radius 3 is 2.41 bits per heavy atom. The van der Waals surface area contributed by atoms with Crippen LogP contribution < -0.4 is 18.9 Å². The fourth-order valence-electron chi connectivity index (χ4n) is 3.16. The molecule has 29 heavy (non-hydrogen) atoms. The second-order valence-electron chi connectivity index (χ2n) is 6.68. The van der Waals surface area contributed by atoms with Crippen LogP contribution in [0.4, 0.5) is 11.4 Å². The number of rotatable bonds is 5. The fraction of sp³-hybridized carbons (Fsp3) is 0.176. The van der Waals surface area contributed by atoms with Crippen molar-refractivity contribution < 1.29 is 27.0 Å². The Morgan fingerprint density at radius 2 is 1.86 bits per heavy atom. The topological polar surface area (TPSA) is 162 Å². The summed E-state index contributed by atoms with van der Waals surface area (Å²) < 4.78 is 51.9. The van der Waals surface area contributed by atoms with Crippen LogP contribution in [0.3, 0.4) is 0 Å². The number of anilines is 2. The summed E-state index contributed by atoms with van der Waals surface area (Å²) in [6.07, 6.45) is 1.18. The van der Waals surface area contributed by atoms with Crippen LogP contribution >= 0.6 is 0 Å². The lowest BCUT2D eigenvalue weighted by Crippen LogP contribution is -2.29. The molecule has 0 saturated heterocycles. The van der Waals surface area contributed by atoms with E-state index < -0.39 is 26.3 Å². The molecule has 1 aliphatic rings. The van der Waals surface area contributed by atoms with E-state index >= 15 is 0 Å². The molecule has 0 aromatic heterocycles. The number of aromatic hydroxyl groups is 1. The summed E-state index contributed by atoms with van der Waals surface area (Å²) in [6, 6.07) is 7.94. The Morgan fingerprint density at radius 1 is 1.17 bits per heavy atom. The Bertz CT molecular complexity index is 1220. The van der Waals surface area contributed by atoms with Crippen LogP contribution in [0, 0.1) is 13.8 Å². The van der Waals surface area contributed by atoms with Gasteiger partial charge in [0.05, 0.1) is 11.9 Å². The molecular weight excluding hydrogens is 420 g/mol. The molecule has 0 unspecified atom stereocenters. The van der Waals surface area contributed by atoms with Gasteiger partial charge >= 0.3 is 10.2 Å². The predicted molar refractivity (Wildman–Crippen MR) is 109 cm³/mol. The van der Waals surface area contributed by atoms with E-state index in [1.165, 1.54) is 12.1 Å². The first kappa shape index (κ1) is 20.8. The van der Waals surface area contributed by atoms with Crippen molar-refractivity contribution in [2.75, 3.05) is 9.03 Å². The van der Waals surface area contributed by atoms with Crippen molar-refractivity contribution in [3.63, 3.8) is 0 Å². The number of phenolic OH excluding ortho intramolecular Hbond substituents is 1. The van der Waals surface area contributed by atoms with E-state index in [0.717, 1.165) is 11.8 Å². The zero-order valence-electron chi connectivity index (χ0n) is 15.5. The summed E-state index contributed by atoms with van der Waals surface area (Å²) in [5.74, 6) is -0.897. The van der Waals surface area contributed by atoms with E-state index in [2.05, 4.69) is 4.72 Å². The largest absolute Gasteiger partial charge is 0.506 e. The molecule has 2 aromatic carbocycles. The van der Waals surface area contributed by atoms with Gasteiger partial charge in [0.25, 0.3) is 10.2 Å². The molecule has 1 aliphatic heterocycles. The van der Waals surface area contributed by atoms with Gasteiger partial charge in [0.15, 0.2) is 0 Å². The molecule has 156 valence electrons. The minimum atomic E-state index is -4.03. The summed E-state index contributed by atoms with van der Waals surface area (Å²) in [7, 11) is -8.01. The lowest BCUT2D eigenvalue weighted by Gasteiger charge is -2.17.